The molecule has 0 spiro atoms. The second kappa shape index (κ2) is 44.2. The van der Waals surface area contributed by atoms with Crippen molar-refractivity contribution in [3.05, 3.63) is 466 Å². The topological polar surface area (TPSA) is 377 Å². The Balaban J connectivity index is 0.000000130. The number of carbonyl (C=O) groups is 5. The Bertz CT molecular complexity index is 7530. The third-order valence-electron chi connectivity index (χ3n) is 27.3. The molecule has 20 rings (SSSR count). The van der Waals surface area contributed by atoms with Crippen molar-refractivity contribution < 1.29 is 49.5 Å². The normalized spacial score (nSPS) is 16.7. The zero-order valence-corrected chi connectivity index (χ0v) is 82.6. The highest BCUT2D eigenvalue weighted by atomic mass is 35.5. The van der Waals surface area contributed by atoms with Gasteiger partial charge in [-0.3, -0.25) is 71.4 Å². The zero-order chi connectivity index (χ0) is 103. The smallest absolute Gasteiger partial charge is 0.276 e. The number of aromatic hydroxyl groups is 5. The van der Waals surface area contributed by atoms with Crippen molar-refractivity contribution in [2.24, 2.45) is 0 Å². The second-order valence-corrected chi connectivity index (χ2v) is 37.5. The van der Waals surface area contributed by atoms with Gasteiger partial charge in [-0.25, -0.2) is 0 Å². The van der Waals surface area contributed by atoms with Crippen LogP contribution in [-0.4, -0.2) is 195 Å². The molecule has 8 atom stereocenters. The lowest BCUT2D eigenvalue weighted by Crippen LogP contribution is -2.47. The number of fused-ring (bicyclic) bond motifs is 5. The van der Waals surface area contributed by atoms with Gasteiger partial charge in [-0.2, -0.15) is 25.5 Å². The van der Waals surface area contributed by atoms with Gasteiger partial charge in [-0.05, 0) is 123 Å². The van der Waals surface area contributed by atoms with Gasteiger partial charge in [0.05, 0.1) is 61.2 Å². The molecule has 0 saturated carbocycles. The van der Waals surface area contributed by atoms with Gasteiger partial charge in [0.25, 0.3) is 29.5 Å². The Morgan fingerprint density at radius 1 is 0.269 bits per heavy atom. The number of aryl methyl sites for hydroxylation is 5. The van der Waals surface area contributed by atoms with E-state index in [4.69, 9.17) is 11.6 Å². The molecule has 5 aromatic heterocycles. The van der Waals surface area contributed by atoms with E-state index in [2.05, 4.69) is 155 Å². The third-order valence-corrected chi connectivity index (χ3v) is 27.5. The molecule has 10 aromatic carbocycles. The SMILES string of the molecule is CCCN1CC(C(c2ccccc2)c2ccccc2)n2ncc(=O)c(O)c2C1=O.CCN1CC(C(c2cccc(C)c2)c2cccc(C)c2)n2ncc(=O)c(O)c2C1=O.CCN1CC(C(c2ccccc2)c2cccc(C)c2)n2ncc(=O)c(O)c2C1=O.Cc1ccc(C(c2ccccc2)C2CN(C)C(=O)c3c(O)c(=O)cnn32)cc1.Cc1cccc(C(c2cccc(Cl)c2)C2CN(C)C(=O)c3c(O)c(=O)cnn32)c1. The van der Waals surface area contributed by atoms with Crippen LogP contribution in [0.1, 0.15) is 223 Å². The molecule has 145 heavy (non-hydrogen) atoms. The molecule has 0 bridgehead atoms. The van der Waals surface area contributed by atoms with Crippen LogP contribution in [0.2, 0.25) is 5.02 Å². The first kappa shape index (κ1) is 101. The van der Waals surface area contributed by atoms with Gasteiger partial charge in [0, 0.05) is 101 Å². The molecular weight excluding hydrogens is 1850 g/mol. The average Bonchev–Trinajstić information content (AvgIpc) is 0.770. The van der Waals surface area contributed by atoms with E-state index < -0.39 is 67.7 Å². The van der Waals surface area contributed by atoms with Crippen molar-refractivity contribution in [2.75, 3.05) is 66.5 Å². The first-order valence-corrected chi connectivity index (χ1v) is 48.4. The number of carbonyl (C=O) groups excluding carboxylic acids is 5. The van der Waals surface area contributed by atoms with Crippen LogP contribution in [0, 0.1) is 34.6 Å². The summed E-state index contributed by atoms with van der Waals surface area (Å²) in [6, 6.07) is 87.6. The number of amides is 5. The number of hydrogen-bond acceptors (Lipinski definition) is 20. The van der Waals surface area contributed by atoms with Crippen molar-refractivity contribution in [3.63, 3.8) is 0 Å². The zero-order valence-electron chi connectivity index (χ0n) is 81.8. The van der Waals surface area contributed by atoms with Crippen LogP contribution < -0.4 is 27.1 Å². The molecule has 5 amide bonds. The van der Waals surface area contributed by atoms with E-state index in [0.717, 1.165) is 121 Å². The second-order valence-electron chi connectivity index (χ2n) is 37.1. The summed E-state index contributed by atoms with van der Waals surface area (Å²) >= 11 is 6.28. The minimum Gasteiger partial charge on any atom is -0.502 e. The molecule has 5 N–H and O–H groups in total. The van der Waals surface area contributed by atoms with Crippen LogP contribution in [0.4, 0.5) is 0 Å². The van der Waals surface area contributed by atoms with Gasteiger partial charge in [-0.1, -0.05) is 301 Å². The lowest BCUT2D eigenvalue weighted by Gasteiger charge is -2.39. The highest BCUT2D eigenvalue weighted by molar-refractivity contribution is 6.30. The standard InChI is InChI=1S/C24H25N3O3.2C23H23N3O3.C22H20ClN3O3.C22H21N3O3/c1-4-26-14-19(27-22(24(26)30)23(29)20(28)13-25-27)21(17-9-5-7-15(2)11-17)18-10-6-8-16(3)12-18;1-3-25-14-18(26-21(23(25)29)22(28)19(27)13-24-26)20(16-9-5-4-6-10-16)17-11-7-8-15(2)12-17;1-2-13-25-15-18(26-21(23(25)29)22(28)19(27)14-24-26)20(16-9-5-3-6-10-16)17-11-7-4-8-12-17;1-13-5-3-6-14(9-13)19(15-7-4-8-16(23)10-15)17-12-25(2)22(29)20-21(28)18(27)11-24-26(17)20;1-14-8-10-16(11-9-14)19(15-6-4-3-5-7-15)17-13-24(2)22(28)20-21(27)18(26)12-23-25(17)20/h5-13,19,21,29H,4,14H2,1-3H3;4-13,18,20,28H,3,14H2,1-2H3;3-12,14,18,20,28H,2,13,15H2,1H3;3-11,17,19,28H,12H2,1-2H3;3-12,17,19,27H,13H2,1-2H3. The number of benzene rings is 10. The molecule has 31 heteroatoms. The lowest BCUT2D eigenvalue weighted by molar-refractivity contribution is 0.0629. The molecule has 0 fully saturated rings. The number of halogens is 1. The minimum absolute atomic E-state index is 0.0286. The van der Waals surface area contributed by atoms with E-state index >= 15 is 0 Å². The van der Waals surface area contributed by atoms with Crippen molar-refractivity contribution in [3.8, 4) is 28.7 Å². The first-order valence-electron chi connectivity index (χ1n) is 48.1. The van der Waals surface area contributed by atoms with Gasteiger partial charge >= 0.3 is 0 Å². The van der Waals surface area contributed by atoms with E-state index in [1.54, 1.807) is 33.5 Å². The fourth-order valence-electron chi connectivity index (χ4n) is 20.4. The molecule has 740 valence electrons. The number of rotatable bonds is 19. The van der Waals surface area contributed by atoms with Crippen molar-refractivity contribution >= 4 is 41.1 Å². The van der Waals surface area contributed by atoms with Crippen molar-refractivity contribution in [2.45, 2.75) is 122 Å². The van der Waals surface area contributed by atoms with Gasteiger partial charge < -0.3 is 50.0 Å². The molecule has 10 heterocycles. The summed E-state index contributed by atoms with van der Waals surface area (Å²) < 4.78 is 7.60. The maximum atomic E-state index is 13.0. The van der Waals surface area contributed by atoms with Crippen LogP contribution in [-0.2, 0) is 0 Å². The number of hydrogen-bond donors (Lipinski definition) is 5. The molecule has 0 radical (unpaired) electrons. The van der Waals surface area contributed by atoms with E-state index in [1.165, 1.54) is 28.5 Å². The van der Waals surface area contributed by atoms with Gasteiger partial charge in [-0.15, -0.1) is 0 Å². The van der Waals surface area contributed by atoms with Crippen molar-refractivity contribution in [1.82, 2.24) is 73.4 Å². The molecule has 8 unspecified atom stereocenters. The fourth-order valence-corrected chi connectivity index (χ4v) is 20.6. The first-order chi connectivity index (χ1) is 69.9. The fraction of sp³-hybridized carbons (Fsp3) is 0.254. The third kappa shape index (κ3) is 21.1. The lowest BCUT2D eigenvalue weighted by atomic mass is 9.82. The number of nitrogens with zero attached hydrogens (tertiary/aromatic N) is 15. The van der Waals surface area contributed by atoms with Crippen LogP contribution in [0.5, 0.6) is 28.7 Å². The Morgan fingerprint density at radius 3 is 0.766 bits per heavy atom. The molecule has 5 aliphatic heterocycles. The Kier molecular flexibility index (Phi) is 30.8. The number of aromatic nitrogens is 10. The summed E-state index contributed by atoms with van der Waals surface area (Å²) in [5.74, 6) is -5.29. The summed E-state index contributed by atoms with van der Waals surface area (Å²) in [5, 5.41) is 73.8. The maximum Gasteiger partial charge on any atom is 0.276 e. The molecule has 30 nitrogen and oxygen atoms in total. The van der Waals surface area contributed by atoms with Gasteiger partial charge in [0.15, 0.2) is 57.2 Å². The van der Waals surface area contributed by atoms with Crippen LogP contribution in [0.25, 0.3) is 0 Å². The summed E-state index contributed by atoms with van der Waals surface area (Å²) in [4.78, 5) is 132. The molecule has 0 saturated heterocycles. The summed E-state index contributed by atoms with van der Waals surface area (Å²) in [7, 11) is 3.33. The Hall–Kier alpha value is -16.8. The minimum atomic E-state index is -0.673. The van der Waals surface area contributed by atoms with E-state index in [-0.39, 0.29) is 106 Å². The van der Waals surface area contributed by atoms with Gasteiger partial charge in [0.1, 0.15) is 0 Å². The molecule has 5 aliphatic rings. The van der Waals surface area contributed by atoms with Crippen molar-refractivity contribution in [1.29, 1.82) is 0 Å². The monoisotopic (exact) mass is 1970 g/mol. The van der Waals surface area contributed by atoms with Crippen LogP contribution in [0.3, 0.4) is 0 Å². The predicted molar refractivity (Wildman–Crippen MR) is 552 cm³/mol. The van der Waals surface area contributed by atoms with Gasteiger partial charge in [0.2, 0.25) is 27.1 Å². The highest BCUT2D eigenvalue weighted by Gasteiger charge is 2.46. The summed E-state index contributed by atoms with van der Waals surface area (Å²) in [5.41, 5.74) is 12.9. The Labute approximate surface area is 841 Å². The van der Waals surface area contributed by atoms with Crippen LogP contribution >= 0.6 is 11.6 Å². The summed E-state index contributed by atoms with van der Waals surface area (Å²) in [6.45, 7) is 19.6. The summed E-state index contributed by atoms with van der Waals surface area (Å²) in [6.07, 6.45) is 6.16. The molecule has 0 aliphatic carbocycles. The molecule has 15 aromatic rings. The predicted octanol–water partition coefficient (Wildman–Crippen LogP) is 15.8. The maximum absolute atomic E-state index is 13.0. The highest BCUT2D eigenvalue weighted by Crippen LogP contribution is 2.47. The Morgan fingerprint density at radius 2 is 0.497 bits per heavy atom. The largest absolute Gasteiger partial charge is 0.502 e. The van der Waals surface area contributed by atoms with E-state index in [9.17, 15) is 73.5 Å². The average molecular weight is 1970 g/mol. The van der Waals surface area contributed by atoms with E-state index in [1.807, 2.05) is 193 Å². The number of likely N-dealkylation sites (N-methyl/N-ethyl adjacent to an activating group) is 4. The van der Waals surface area contributed by atoms with E-state index in [0.29, 0.717) is 57.4 Å². The van der Waals surface area contributed by atoms with Crippen LogP contribution in [0.15, 0.2) is 322 Å². The molecular formula is C114H112ClN15O15. The quantitative estimate of drug-likeness (QED) is 0.0502.